The van der Waals surface area contributed by atoms with Gasteiger partial charge in [0.2, 0.25) is 0 Å². The molecular formula is C17H18N4O3. The second-order valence-corrected chi connectivity index (χ2v) is 5.05. The van der Waals surface area contributed by atoms with Crippen LogP contribution in [0, 0.1) is 10.1 Å². The van der Waals surface area contributed by atoms with Gasteiger partial charge in [0.15, 0.2) is 0 Å². The van der Waals surface area contributed by atoms with Crippen LogP contribution in [-0.2, 0) is 4.79 Å². The van der Waals surface area contributed by atoms with Crippen molar-refractivity contribution in [2.24, 2.45) is 5.10 Å². The van der Waals surface area contributed by atoms with Gasteiger partial charge in [0.05, 0.1) is 11.1 Å². The molecule has 2 rings (SSSR count). The lowest BCUT2D eigenvalue weighted by molar-refractivity contribution is -0.384. The molecule has 0 aliphatic carbocycles. The van der Waals surface area contributed by atoms with Crippen LogP contribution in [0.15, 0.2) is 59.7 Å². The largest absolute Gasteiger partial charge is 0.374 e. The number of amides is 1. The minimum absolute atomic E-state index is 0.00861. The van der Waals surface area contributed by atoms with Gasteiger partial charge in [-0.2, -0.15) is 5.10 Å². The zero-order chi connectivity index (χ0) is 17.4. The topological polar surface area (TPSA) is 96.6 Å². The van der Waals surface area contributed by atoms with Crippen molar-refractivity contribution in [1.82, 2.24) is 5.43 Å². The van der Waals surface area contributed by atoms with Crippen LogP contribution in [0.1, 0.15) is 18.9 Å². The number of nitrogens with one attached hydrogen (secondary N) is 2. The van der Waals surface area contributed by atoms with Crippen LogP contribution in [0.25, 0.3) is 0 Å². The number of hydrogen-bond acceptors (Lipinski definition) is 5. The number of rotatable bonds is 7. The molecule has 1 amide bonds. The van der Waals surface area contributed by atoms with Crippen LogP contribution in [0.4, 0.5) is 11.4 Å². The third-order valence-electron chi connectivity index (χ3n) is 3.33. The Morgan fingerprint density at radius 3 is 2.46 bits per heavy atom. The molecule has 0 saturated heterocycles. The van der Waals surface area contributed by atoms with Gasteiger partial charge in [-0.3, -0.25) is 14.9 Å². The number of non-ortho nitro benzene ring substituents is 1. The zero-order valence-corrected chi connectivity index (χ0v) is 13.2. The number of benzene rings is 2. The molecule has 0 spiro atoms. The highest BCUT2D eigenvalue weighted by atomic mass is 16.6. The molecule has 2 aromatic carbocycles. The van der Waals surface area contributed by atoms with E-state index in [4.69, 9.17) is 0 Å². The molecule has 0 heterocycles. The van der Waals surface area contributed by atoms with Gasteiger partial charge in [0.1, 0.15) is 6.04 Å². The Balaban J connectivity index is 1.91. The number of nitrogens with zero attached hydrogens (tertiary/aromatic N) is 2. The maximum atomic E-state index is 12.1. The van der Waals surface area contributed by atoms with Gasteiger partial charge in [-0.15, -0.1) is 0 Å². The highest BCUT2D eigenvalue weighted by Crippen LogP contribution is 2.11. The first-order valence-electron chi connectivity index (χ1n) is 7.49. The number of nitro benzene ring substituents is 1. The van der Waals surface area contributed by atoms with Gasteiger partial charge in [-0.05, 0) is 36.2 Å². The summed E-state index contributed by atoms with van der Waals surface area (Å²) in [5.41, 5.74) is 4.00. The second-order valence-electron chi connectivity index (χ2n) is 5.05. The Bertz CT molecular complexity index is 714. The van der Waals surface area contributed by atoms with Gasteiger partial charge in [-0.25, -0.2) is 5.43 Å². The van der Waals surface area contributed by atoms with Gasteiger partial charge < -0.3 is 5.32 Å². The first-order chi connectivity index (χ1) is 11.6. The molecule has 0 fully saturated rings. The third kappa shape index (κ3) is 4.91. The monoisotopic (exact) mass is 326 g/mol. The van der Waals surface area contributed by atoms with Crippen molar-refractivity contribution in [2.75, 3.05) is 5.32 Å². The molecule has 0 saturated carbocycles. The molecule has 2 aromatic rings. The zero-order valence-electron chi connectivity index (χ0n) is 13.2. The summed E-state index contributed by atoms with van der Waals surface area (Å²) in [7, 11) is 0. The number of hydrogen-bond donors (Lipinski definition) is 2. The summed E-state index contributed by atoms with van der Waals surface area (Å²) in [5.74, 6) is -0.250. The molecule has 0 bridgehead atoms. The maximum absolute atomic E-state index is 12.1. The molecule has 0 aliphatic rings. The van der Waals surface area contributed by atoms with Crippen LogP contribution in [-0.4, -0.2) is 23.1 Å². The van der Waals surface area contributed by atoms with Crippen molar-refractivity contribution in [3.8, 4) is 0 Å². The molecule has 0 aromatic heterocycles. The smallest absolute Gasteiger partial charge is 0.269 e. The van der Waals surface area contributed by atoms with Crippen LogP contribution >= 0.6 is 0 Å². The maximum Gasteiger partial charge on any atom is 0.269 e. The van der Waals surface area contributed by atoms with Crippen molar-refractivity contribution in [1.29, 1.82) is 0 Å². The van der Waals surface area contributed by atoms with E-state index in [0.29, 0.717) is 12.0 Å². The molecule has 2 N–H and O–H groups in total. The van der Waals surface area contributed by atoms with Gasteiger partial charge >= 0.3 is 0 Å². The van der Waals surface area contributed by atoms with E-state index in [1.807, 2.05) is 37.3 Å². The van der Waals surface area contributed by atoms with Crippen LogP contribution in [0.5, 0.6) is 0 Å². The summed E-state index contributed by atoms with van der Waals surface area (Å²) < 4.78 is 0. The van der Waals surface area contributed by atoms with Crippen molar-refractivity contribution < 1.29 is 9.72 Å². The van der Waals surface area contributed by atoms with E-state index < -0.39 is 11.0 Å². The first-order valence-corrected chi connectivity index (χ1v) is 7.49. The second kappa shape index (κ2) is 8.42. The van der Waals surface area contributed by atoms with E-state index >= 15 is 0 Å². The fraction of sp³-hybridized carbons (Fsp3) is 0.176. The highest BCUT2D eigenvalue weighted by molar-refractivity contribution is 5.86. The normalized spacial score (nSPS) is 11.9. The average molecular weight is 326 g/mol. The van der Waals surface area contributed by atoms with E-state index in [1.54, 1.807) is 12.1 Å². The number of para-hydroxylation sites is 1. The minimum Gasteiger partial charge on any atom is -0.374 e. The summed E-state index contributed by atoms with van der Waals surface area (Å²) in [4.78, 5) is 22.2. The number of nitro groups is 1. The predicted octanol–water partition coefficient (Wildman–Crippen LogP) is 2.94. The fourth-order valence-corrected chi connectivity index (χ4v) is 2.02. The van der Waals surface area contributed by atoms with Gasteiger partial charge in [0, 0.05) is 17.8 Å². The standard InChI is InChI=1S/C17H18N4O3/c1-2-16(19-14-6-4-3-5-7-14)17(22)20-18-12-13-8-10-15(11-9-13)21(23)24/h3-12,16,19H,2H2,1H3,(H,20,22). The molecule has 124 valence electrons. The molecule has 7 nitrogen and oxygen atoms in total. The quantitative estimate of drug-likeness (QED) is 0.464. The van der Waals surface area contributed by atoms with E-state index in [9.17, 15) is 14.9 Å². The summed E-state index contributed by atoms with van der Waals surface area (Å²) in [5, 5.41) is 17.6. The highest BCUT2D eigenvalue weighted by Gasteiger charge is 2.15. The fourth-order valence-electron chi connectivity index (χ4n) is 2.02. The number of carbonyl (C=O) groups is 1. The lowest BCUT2D eigenvalue weighted by Crippen LogP contribution is -2.36. The Morgan fingerprint density at radius 1 is 1.21 bits per heavy atom. The van der Waals surface area contributed by atoms with Crippen molar-refractivity contribution >= 4 is 23.5 Å². The number of anilines is 1. The van der Waals surface area contributed by atoms with E-state index in [-0.39, 0.29) is 11.6 Å². The van der Waals surface area contributed by atoms with Crippen molar-refractivity contribution in [3.63, 3.8) is 0 Å². The van der Waals surface area contributed by atoms with Crippen LogP contribution in [0.3, 0.4) is 0 Å². The number of hydrazone groups is 1. The van der Waals surface area contributed by atoms with E-state index in [2.05, 4.69) is 15.8 Å². The molecule has 1 atom stereocenters. The van der Waals surface area contributed by atoms with Gasteiger partial charge in [-0.1, -0.05) is 25.1 Å². The summed E-state index contributed by atoms with van der Waals surface area (Å²) in [6.45, 7) is 1.90. The lowest BCUT2D eigenvalue weighted by Gasteiger charge is -2.16. The van der Waals surface area contributed by atoms with E-state index in [0.717, 1.165) is 5.69 Å². The average Bonchev–Trinajstić information content (AvgIpc) is 2.61. The summed E-state index contributed by atoms with van der Waals surface area (Å²) in [6, 6.07) is 14.9. The van der Waals surface area contributed by atoms with E-state index in [1.165, 1.54) is 18.3 Å². The Kier molecular flexibility index (Phi) is 6.01. The first kappa shape index (κ1) is 17.1. The molecule has 0 radical (unpaired) electrons. The summed E-state index contributed by atoms with van der Waals surface area (Å²) in [6.07, 6.45) is 2.05. The van der Waals surface area contributed by atoms with Crippen molar-refractivity contribution in [3.05, 3.63) is 70.3 Å². The lowest BCUT2D eigenvalue weighted by atomic mass is 10.2. The molecule has 0 aliphatic heterocycles. The SMILES string of the molecule is CCC(Nc1ccccc1)C(=O)NN=Cc1ccc([N+](=O)[O-])cc1. The Hall–Kier alpha value is -3.22. The third-order valence-corrected chi connectivity index (χ3v) is 3.33. The molecule has 24 heavy (non-hydrogen) atoms. The Labute approximate surface area is 139 Å². The van der Waals surface area contributed by atoms with Crippen molar-refractivity contribution in [2.45, 2.75) is 19.4 Å². The van der Waals surface area contributed by atoms with Crippen LogP contribution in [0.2, 0.25) is 0 Å². The predicted molar refractivity (Wildman–Crippen MR) is 93.0 cm³/mol. The molecule has 1 unspecified atom stereocenters. The summed E-state index contributed by atoms with van der Waals surface area (Å²) >= 11 is 0. The molecule has 7 heteroatoms. The number of carbonyl (C=O) groups excluding carboxylic acids is 1. The minimum atomic E-state index is -0.468. The molecular weight excluding hydrogens is 308 g/mol. The Morgan fingerprint density at radius 2 is 1.88 bits per heavy atom. The van der Waals surface area contributed by atoms with Crippen LogP contribution < -0.4 is 10.7 Å². The van der Waals surface area contributed by atoms with Gasteiger partial charge in [0.25, 0.3) is 11.6 Å².